The van der Waals surface area contributed by atoms with Crippen molar-refractivity contribution in [1.82, 2.24) is 11.9 Å². The fourth-order valence-electron chi connectivity index (χ4n) is 3.86. The summed E-state index contributed by atoms with van der Waals surface area (Å²) in [7, 11) is -2.69. The van der Waals surface area contributed by atoms with Crippen LogP contribution in [0.15, 0.2) is 67.1 Å². The van der Waals surface area contributed by atoms with E-state index in [1.54, 1.807) is 43.6 Å². The molecule has 1 aliphatic heterocycles. The van der Waals surface area contributed by atoms with Crippen LogP contribution in [0.5, 0.6) is 11.5 Å². The number of anilines is 2. The number of imidazole rings is 1. The van der Waals surface area contributed by atoms with Gasteiger partial charge in [-0.2, -0.15) is 10.9 Å². The van der Waals surface area contributed by atoms with E-state index in [1.165, 1.54) is 28.9 Å². The molecule has 0 saturated carbocycles. The number of halogens is 2. The van der Waals surface area contributed by atoms with Gasteiger partial charge in [0, 0.05) is 36.9 Å². The molecule has 0 radical (unpaired) electrons. The van der Waals surface area contributed by atoms with Crippen LogP contribution >= 0.6 is 22.9 Å². The summed E-state index contributed by atoms with van der Waals surface area (Å²) in [6.07, 6.45) is 5.37. The minimum Gasteiger partial charge on any atom is -0.497 e. The van der Waals surface area contributed by atoms with Crippen molar-refractivity contribution in [3.8, 4) is 11.5 Å². The first-order valence-corrected chi connectivity index (χ1v) is 13.4. The van der Waals surface area contributed by atoms with Crippen molar-refractivity contribution < 1.29 is 27.1 Å². The molecule has 4 aromatic rings. The second-order valence-corrected chi connectivity index (χ2v) is 11.5. The number of aromatic nitrogens is 2. The lowest BCUT2D eigenvalue weighted by Gasteiger charge is -2.22. The zero-order valence-corrected chi connectivity index (χ0v) is 22.4. The molecule has 2 aromatic heterocycles. The molecule has 192 valence electrons. The quantitative estimate of drug-likeness (QED) is 0.231. The third kappa shape index (κ3) is 5.00. The Labute approximate surface area is 226 Å². The Morgan fingerprint density at radius 1 is 1.11 bits per heavy atom. The normalized spacial score (nSPS) is 14.8. The van der Waals surface area contributed by atoms with Gasteiger partial charge in [-0.25, -0.2) is 13.7 Å². The van der Waals surface area contributed by atoms with Gasteiger partial charge in [-0.05, 0) is 41.5 Å². The van der Waals surface area contributed by atoms with Crippen molar-refractivity contribution in [2.75, 3.05) is 23.3 Å². The minimum absolute atomic E-state index is 0.000554. The molecular formula is C24H21FIN5O5S. The number of rotatable bonds is 8. The third-order valence-electron chi connectivity index (χ3n) is 5.74. The van der Waals surface area contributed by atoms with Crippen molar-refractivity contribution in [2.45, 2.75) is 13.2 Å². The Morgan fingerprint density at radius 2 is 1.89 bits per heavy atom. The maximum atomic E-state index is 15.5. The number of nitrogens with zero attached hydrogens (tertiary/aromatic N) is 4. The van der Waals surface area contributed by atoms with Crippen molar-refractivity contribution in [2.24, 2.45) is 0 Å². The van der Waals surface area contributed by atoms with E-state index < -0.39 is 28.5 Å². The molecule has 0 bridgehead atoms. The summed E-state index contributed by atoms with van der Waals surface area (Å²) in [6, 6.07) is 13.6. The van der Waals surface area contributed by atoms with E-state index in [-0.39, 0.29) is 24.6 Å². The molecule has 2 aromatic carbocycles. The zero-order valence-electron chi connectivity index (χ0n) is 19.5. The van der Waals surface area contributed by atoms with Crippen LogP contribution in [0.3, 0.4) is 0 Å². The predicted octanol–water partition coefficient (Wildman–Crippen LogP) is 3.92. The Hall–Kier alpha value is -3.59. The first-order chi connectivity index (χ1) is 17.8. The molecule has 10 nitrogen and oxygen atoms in total. The molecule has 37 heavy (non-hydrogen) atoms. The fraction of sp³-hybridized carbons (Fsp3) is 0.167. The summed E-state index contributed by atoms with van der Waals surface area (Å²) in [5, 5.41) is 3.22. The summed E-state index contributed by atoms with van der Waals surface area (Å²) in [6.45, 7) is -0.250. The van der Waals surface area contributed by atoms with Gasteiger partial charge in [-0.15, -0.1) is 0 Å². The summed E-state index contributed by atoms with van der Waals surface area (Å²) in [5.74, 6) is -0.836. The van der Waals surface area contributed by atoms with E-state index in [0.29, 0.717) is 13.8 Å². The van der Waals surface area contributed by atoms with Gasteiger partial charge in [0.1, 0.15) is 36.0 Å². The SMILES string of the molecule is COc1ccc(COc2cc(CNc3ccn4ccnc4c3)cc(F)c2N2CC(=O)N(I)S2(=O)=O)cc1. The molecule has 1 saturated heterocycles. The summed E-state index contributed by atoms with van der Waals surface area (Å²) >= 11 is 1.40. The maximum Gasteiger partial charge on any atom is 0.338 e. The highest BCUT2D eigenvalue weighted by atomic mass is 127. The standard InChI is InChI=1S/C24H21FIN5O5S/c1-35-19-4-2-16(3-5-19)15-36-21-11-17(13-28-18-6-8-29-9-7-27-22(29)12-18)10-20(25)24(21)30-14-23(32)31(26)37(30,33)34/h2-12,28H,13-15H2,1H3. The van der Waals surface area contributed by atoms with E-state index >= 15 is 4.39 Å². The van der Waals surface area contributed by atoms with Crippen molar-refractivity contribution in [3.63, 3.8) is 0 Å². The molecule has 1 N–H and O–H groups in total. The molecule has 1 aliphatic rings. The Bertz CT molecular complexity index is 1580. The number of carbonyl (C=O) groups excluding carboxylic acids is 1. The van der Waals surface area contributed by atoms with Gasteiger partial charge in [0.15, 0.2) is 5.82 Å². The van der Waals surface area contributed by atoms with Gasteiger partial charge in [-0.1, -0.05) is 12.1 Å². The number of hydrogen-bond acceptors (Lipinski definition) is 7. The van der Waals surface area contributed by atoms with Crippen LogP contribution in [0.1, 0.15) is 11.1 Å². The second kappa shape index (κ2) is 10.0. The Balaban J connectivity index is 1.45. The molecule has 1 fully saturated rings. The molecule has 0 atom stereocenters. The first-order valence-electron chi connectivity index (χ1n) is 11.0. The van der Waals surface area contributed by atoms with Gasteiger partial charge < -0.3 is 19.2 Å². The largest absolute Gasteiger partial charge is 0.497 e. The Morgan fingerprint density at radius 3 is 2.59 bits per heavy atom. The zero-order chi connectivity index (χ0) is 26.2. The summed E-state index contributed by atoms with van der Waals surface area (Å²) in [5.41, 5.74) is 2.49. The smallest absolute Gasteiger partial charge is 0.338 e. The highest BCUT2D eigenvalue weighted by Gasteiger charge is 2.44. The molecule has 13 heteroatoms. The summed E-state index contributed by atoms with van der Waals surface area (Å²) in [4.78, 5) is 16.4. The number of carbonyl (C=O) groups is 1. The van der Waals surface area contributed by atoms with Gasteiger partial charge in [-0.3, -0.25) is 4.79 Å². The molecule has 0 aliphatic carbocycles. The lowest BCUT2D eigenvalue weighted by atomic mass is 10.1. The second-order valence-electron chi connectivity index (χ2n) is 8.15. The molecule has 3 heterocycles. The van der Waals surface area contributed by atoms with Crippen LogP contribution in [0, 0.1) is 5.82 Å². The first kappa shape index (κ1) is 25.1. The number of benzene rings is 2. The third-order valence-corrected chi connectivity index (χ3v) is 9.25. The highest BCUT2D eigenvalue weighted by molar-refractivity contribution is 14.1. The van der Waals surface area contributed by atoms with E-state index in [9.17, 15) is 13.2 Å². The fourth-order valence-corrected chi connectivity index (χ4v) is 5.82. The lowest BCUT2D eigenvalue weighted by molar-refractivity contribution is -0.120. The molecule has 1 amide bonds. The van der Waals surface area contributed by atoms with Crippen LogP contribution in [-0.4, -0.2) is 39.9 Å². The van der Waals surface area contributed by atoms with Gasteiger partial charge in [0.25, 0.3) is 5.91 Å². The summed E-state index contributed by atoms with van der Waals surface area (Å²) < 4.78 is 55.4. The number of fused-ring (bicyclic) bond motifs is 1. The van der Waals surface area contributed by atoms with E-state index in [4.69, 9.17) is 9.47 Å². The highest BCUT2D eigenvalue weighted by Crippen LogP contribution is 2.39. The van der Waals surface area contributed by atoms with Gasteiger partial charge in [0.2, 0.25) is 0 Å². The molecule has 0 unspecified atom stereocenters. The van der Waals surface area contributed by atoms with Gasteiger partial charge >= 0.3 is 10.2 Å². The topological polar surface area (TPSA) is 105 Å². The Kier molecular flexibility index (Phi) is 6.81. The minimum atomic E-state index is -4.25. The number of nitrogens with one attached hydrogen (secondary N) is 1. The van der Waals surface area contributed by atoms with E-state index in [1.807, 2.05) is 28.9 Å². The number of pyridine rings is 1. The van der Waals surface area contributed by atoms with Crippen molar-refractivity contribution in [3.05, 3.63) is 84.1 Å². The van der Waals surface area contributed by atoms with Crippen LogP contribution < -0.4 is 19.1 Å². The monoisotopic (exact) mass is 637 g/mol. The molecule has 5 rings (SSSR count). The van der Waals surface area contributed by atoms with Crippen molar-refractivity contribution >= 4 is 56.0 Å². The predicted molar refractivity (Wildman–Crippen MR) is 143 cm³/mol. The average Bonchev–Trinajstić information content (AvgIpc) is 3.44. The van der Waals surface area contributed by atoms with Crippen LogP contribution in [-0.2, 0) is 28.2 Å². The lowest BCUT2D eigenvalue weighted by Crippen LogP contribution is -2.29. The average molecular weight is 637 g/mol. The van der Waals surface area contributed by atoms with E-state index in [2.05, 4.69) is 10.3 Å². The van der Waals surface area contributed by atoms with Crippen LogP contribution in [0.2, 0.25) is 0 Å². The van der Waals surface area contributed by atoms with Gasteiger partial charge in [0.05, 0.1) is 30.0 Å². The van der Waals surface area contributed by atoms with Crippen LogP contribution in [0.25, 0.3) is 5.65 Å². The van der Waals surface area contributed by atoms with Crippen LogP contribution in [0.4, 0.5) is 15.8 Å². The number of ether oxygens (including phenoxy) is 2. The van der Waals surface area contributed by atoms with E-state index in [0.717, 1.165) is 21.2 Å². The van der Waals surface area contributed by atoms with Crippen molar-refractivity contribution in [1.29, 1.82) is 0 Å². The molecule has 0 spiro atoms. The maximum absolute atomic E-state index is 15.5. The number of methoxy groups -OCH3 is 1. The molecular weight excluding hydrogens is 616 g/mol. The number of amides is 1. The number of hydrogen-bond donors (Lipinski definition) is 1.